The molecule has 0 radical (unpaired) electrons. The van der Waals surface area contributed by atoms with Gasteiger partial charge >= 0.3 is 0 Å². The van der Waals surface area contributed by atoms with Gasteiger partial charge in [0.05, 0.1) is 11.1 Å². The lowest BCUT2D eigenvalue weighted by Gasteiger charge is -2.34. The summed E-state index contributed by atoms with van der Waals surface area (Å²) in [5.74, 6) is 0.919. The van der Waals surface area contributed by atoms with Crippen molar-refractivity contribution in [2.75, 3.05) is 5.32 Å². The Kier molecular flexibility index (Phi) is 6.26. The molecule has 2 aliphatic rings. The molecule has 0 saturated heterocycles. The second kappa shape index (κ2) is 11.2. The average Bonchev–Trinajstić information content (AvgIpc) is 3.79. The molecule has 2 nitrogen and oxygen atoms in total. The number of fused-ring (bicyclic) bond motifs is 10. The summed E-state index contributed by atoms with van der Waals surface area (Å²) in [4.78, 5) is 0. The molecule has 0 fully saturated rings. The SMILES string of the molecule is c1ccc(C2Nc3ccc4ccc5cc(-c6ccc7c(c6)C(c6ccccc6)(c6ccccc6)c6ccc8ccccc8c6-7)ccc5c4c3O2)cc1. The van der Waals surface area contributed by atoms with E-state index in [4.69, 9.17) is 4.74 Å². The first-order valence-corrected chi connectivity index (χ1v) is 18.0. The highest BCUT2D eigenvalue weighted by Gasteiger charge is 2.46. The third kappa shape index (κ3) is 4.12. The Morgan fingerprint density at radius 3 is 1.88 bits per heavy atom. The summed E-state index contributed by atoms with van der Waals surface area (Å²) in [6, 6.07) is 68.8. The number of nitrogens with one attached hydrogen (secondary N) is 1. The summed E-state index contributed by atoms with van der Waals surface area (Å²) in [7, 11) is 0. The van der Waals surface area contributed by atoms with E-state index in [9.17, 15) is 0 Å². The van der Waals surface area contributed by atoms with E-state index >= 15 is 0 Å². The first kappa shape index (κ1) is 29.1. The highest BCUT2D eigenvalue weighted by Crippen LogP contribution is 2.58. The smallest absolute Gasteiger partial charge is 0.196 e. The lowest BCUT2D eigenvalue weighted by atomic mass is 9.67. The number of anilines is 1. The Bertz CT molecular complexity index is 2800. The van der Waals surface area contributed by atoms with Gasteiger partial charge in [0.15, 0.2) is 12.0 Å². The molecule has 1 N–H and O–H groups in total. The molecule has 9 aromatic rings. The molecule has 1 aliphatic heterocycles. The summed E-state index contributed by atoms with van der Waals surface area (Å²) >= 11 is 0. The van der Waals surface area contributed by atoms with Crippen LogP contribution in [0.15, 0.2) is 188 Å². The lowest BCUT2D eigenvalue weighted by Crippen LogP contribution is -2.28. The van der Waals surface area contributed by atoms with Crippen molar-refractivity contribution in [3.05, 3.63) is 216 Å². The van der Waals surface area contributed by atoms with E-state index in [-0.39, 0.29) is 6.23 Å². The van der Waals surface area contributed by atoms with Crippen LogP contribution < -0.4 is 10.1 Å². The van der Waals surface area contributed by atoms with Crippen LogP contribution in [0.2, 0.25) is 0 Å². The minimum absolute atomic E-state index is 0.210. The Labute approximate surface area is 302 Å². The van der Waals surface area contributed by atoms with Gasteiger partial charge in [-0.25, -0.2) is 0 Å². The first-order chi connectivity index (χ1) is 25.8. The van der Waals surface area contributed by atoms with Gasteiger partial charge < -0.3 is 10.1 Å². The number of ether oxygens (including phenoxy) is 1. The third-order valence-corrected chi connectivity index (χ3v) is 11.4. The normalized spacial score (nSPS) is 15.2. The van der Waals surface area contributed by atoms with Gasteiger partial charge in [-0.05, 0) is 89.6 Å². The van der Waals surface area contributed by atoms with Gasteiger partial charge in [0.25, 0.3) is 0 Å². The Morgan fingerprint density at radius 2 is 1.10 bits per heavy atom. The molecule has 2 heteroatoms. The van der Waals surface area contributed by atoms with Gasteiger partial charge in [0.2, 0.25) is 0 Å². The van der Waals surface area contributed by atoms with Gasteiger partial charge in [0, 0.05) is 10.9 Å². The molecule has 11 rings (SSSR count). The van der Waals surface area contributed by atoms with Crippen molar-refractivity contribution in [3.8, 4) is 28.0 Å². The van der Waals surface area contributed by atoms with Crippen LogP contribution in [0.1, 0.15) is 34.0 Å². The van der Waals surface area contributed by atoms with E-state index in [1.54, 1.807) is 0 Å². The minimum Gasteiger partial charge on any atom is -0.464 e. The zero-order valence-electron chi connectivity index (χ0n) is 28.4. The third-order valence-electron chi connectivity index (χ3n) is 11.4. The van der Waals surface area contributed by atoms with Crippen LogP contribution in [-0.2, 0) is 5.41 Å². The van der Waals surface area contributed by atoms with Gasteiger partial charge in [-0.3, -0.25) is 0 Å². The number of rotatable bonds is 4. The molecule has 0 bridgehead atoms. The van der Waals surface area contributed by atoms with Crippen molar-refractivity contribution in [2.45, 2.75) is 11.6 Å². The topological polar surface area (TPSA) is 21.3 Å². The van der Waals surface area contributed by atoms with E-state index in [0.717, 1.165) is 22.4 Å². The fourth-order valence-electron chi connectivity index (χ4n) is 9.04. The predicted molar refractivity (Wildman–Crippen MR) is 215 cm³/mol. The van der Waals surface area contributed by atoms with Crippen LogP contribution in [0.4, 0.5) is 5.69 Å². The van der Waals surface area contributed by atoms with Gasteiger partial charge in [-0.15, -0.1) is 0 Å². The fourth-order valence-corrected chi connectivity index (χ4v) is 9.04. The quantitative estimate of drug-likeness (QED) is 0.189. The van der Waals surface area contributed by atoms with Crippen molar-refractivity contribution in [1.29, 1.82) is 0 Å². The highest BCUT2D eigenvalue weighted by molar-refractivity contribution is 6.13. The average molecular weight is 664 g/mol. The predicted octanol–water partition coefficient (Wildman–Crippen LogP) is 12.7. The van der Waals surface area contributed by atoms with Crippen LogP contribution in [0.5, 0.6) is 5.75 Å². The zero-order valence-corrected chi connectivity index (χ0v) is 28.4. The largest absolute Gasteiger partial charge is 0.464 e. The lowest BCUT2D eigenvalue weighted by molar-refractivity contribution is 0.263. The van der Waals surface area contributed by atoms with Crippen molar-refractivity contribution in [2.24, 2.45) is 0 Å². The Balaban J connectivity index is 1.11. The number of hydrogen-bond acceptors (Lipinski definition) is 2. The minimum atomic E-state index is -0.472. The molecule has 244 valence electrons. The van der Waals surface area contributed by atoms with Gasteiger partial charge in [-0.1, -0.05) is 170 Å². The second-order valence-corrected chi connectivity index (χ2v) is 14.0. The summed E-state index contributed by atoms with van der Waals surface area (Å²) in [6.07, 6.45) is -0.210. The molecule has 0 aromatic heterocycles. The molecule has 0 saturated carbocycles. The first-order valence-electron chi connectivity index (χ1n) is 18.0. The molecule has 1 heterocycles. The maximum Gasteiger partial charge on any atom is 0.196 e. The maximum absolute atomic E-state index is 6.64. The van der Waals surface area contributed by atoms with Crippen molar-refractivity contribution >= 4 is 38.0 Å². The number of hydrogen-bond donors (Lipinski definition) is 1. The van der Waals surface area contributed by atoms with Crippen molar-refractivity contribution in [1.82, 2.24) is 0 Å². The van der Waals surface area contributed by atoms with Gasteiger partial charge in [-0.2, -0.15) is 0 Å². The molecule has 52 heavy (non-hydrogen) atoms. The van der Waals surface area contributed by atoms with E-state index in [2.05, 4.69) is 187 Å². The summed E-state index contributed by atoms with van der Waals surface area (Å²) < 4.78 is 6.64. The Hall–Kier alpha value is -6.64. The van der Waals surface area contributed by atoms with Gasteiger partial charge in [0.1, 0.15) is 0 Å². The second-order valence-electron chi connectivity index (χ2n) is 14.0. The van der Waals surface area contributed by atoms with Crippen LogP contribution in [-0.4, -0.2) is 0 Å². The van der Waals surface area contributed by atoms with E-state index < -0.39 is 5.41 Å². The fraction of sp³-hybridized carbons (Fsp3) is 0.0400. The number of benzene rings is 9. The monoisotopic (exact) mass is 663 g/mol. The van der Waals surface area contributed by atoms with Crippen LogP contribution in [0.3, 0.4) is 0 Å². The summed E-state index contributed by atoms with van der Waals surface area (Å²) in [5.41, 5.74) is 11.9. The van der Waals surface area contributed by atoms with Crippen LogP contribution in [0, 0.1) is 0 Å². The maximum atomic E-state index is 6.64. The van der Waals surface area contributed by atoms with Crippen LogP contribution in [0.25, 0.3) is 54.6 Å². The zero-order chi connectivity index (χ0) is 34.2. The van der Waals surface area contributed by atoms with Crippen molar-refractivity contribution in [3.63, 3.8) is 0 Å². The molecule has 1 unspecified atom stereocenters. The standard InChI is InChI=1S/C50H33NO/c1-4-13-34(14-5-1)49-51-45-29-25-33-20-21-37-30-35(22-26-41(37)46(33)48(45)52-49)36-23-27-42-44(31-36)50(38-15-6-2-7-16-38,39-17-8-3-9-18-39)43-28-24-32-12-10-11-19-40(32)47(42)43/h1-31,49,51H. The molecule has 1 atom stereocenters. The van der Waals surface area contributed by atoms with Crippen molar-refractivity contribution < 1.29 is 4.74 Å². The molecule has 1 aliphatic carbocycles. The summed E-state index contributed by atoms with van der Waals surface area (Å²) in [5, 5.41) is 10.9. The molecule has 9 aromatic carbocycles. The Morgan fingerprint density at radius 1 is 0.462 bits per heavy atom. The van der Waals surface area contributed by atoms with E-state index in [1.165, 1.54) is 71.4 Å². The molecular formula is C50H33NO. The molecule has 0 amide bonds. The molecular weight excluding hydrogens is 631 g/mol. The molecule has 0 spiro atoms. The summed E-state index contributed by atoms with van der Waals surface area (Å²) in [6.45, 7) is 0. The van der Waals surface area contributed by atoms with Crippen LogP contribution >= 0.6 is 0 Å². The highest BCUT2D eigenvalue weighted by atomic mass is 16.5. The van der Waals surface area contributed by atoms with E-state index in [1.807, 2.05) is 6.07 Å². The van der Waals surface area contributed by atoms with E-state index in [0.29, 0.717) is 0 Å².